The minimum atomic E-state index is -0.447. The highest BCUT2D eigenvalue weighted by molar-refractivity contribution is 5.96. The zero-order valence-corrected chi connectivity index (χ0v) is 11.9. The molecule has 2 aromatic rings. The van der Waals surface area contributed by atoms with Crippen LogP contribution in [0.25, 0.3) is 0 Å². The van der Waals surface area contributed by atoms with Gasteiger partial charge in [0.1, 0.15) is 17.6 Å². The molecule has 1 atom stereocenters. The van der Waals surface area contributed by atoms with Crippen LogP contribution in [0.4, 0.5) is 15.8 Å². The van der Waals surface area contributed by atoms with Gasteiger partial charge in [0, 0.05) is 11.4 Å². The van der Waals surface area contributed by atoms with Gasteiger partial charge in [-0.1, -0.05) is 0 Å². The number of benzene rings is 2. The number of hydrogen-bond acceptors (Lipinski definition) is 3. The van der Waals surface area contributed by atoms with Crippen molar-refractivity contribution in [2.45, 2.75) is 13.0 Å². The number of nitrogens with one attached hydrogen (secondary N) is 2. The van der Waals surface area contributed by atoms with Crippen LogP contribution >= 0.6 is 0 Å². The van der Waals surface area contributed by atoms with Crippen molar-refractivity contribution in [2.75, 3.05) is 17.7 Å². The van der Waals surface area contributed by atoms with E-state index in [0.29, 0.717) is 11.4 Å². The molecule has 0 bridgehead atoms. The standard InChI is InChI=1S/C16H17FN2O2/c1-11(18-13-5-3-12(17)4-6-13)16(20)19-14-7-9-15(21-2)10-8-14/h3-11,18H,1-2H3,(H,19,20). The Bertz CT molecular complexity index is 597. The van der Waals surface area contributed by atoms with Crippen LogP contribution < -0.4 is 15.4 Å². The molecule has 2 aromatic carbocycles. The Morgan fingerprint density at radius 2 is 1.62 bits per heavy atom. The molecule has 4 nitrogen and oxygen atoms in total. The summed E-state index contributed by atoms with van der Waals surface area (Å²) in [7, 11) is 1.59. The fraction of sp³-hybridized carbons (Fsp3) is 0.188. The van der Waals surface area contributed by atoms with Crippen molar-refractivity contribution < 1.29 is 13.9 Å². The molecule has 0 spiro atoms. The van der Waals surface area contributed by atoms with Crippen LogP contribution in [0.15, 0.2) is 48.5 Å². The van der Waals surface area contributed by atoms with Crippen LogP contribution in [-0.4, -0.2) is 19.1 Å². The van der Waals surface area contributed by atoms with Gasteiger partial charge in [0.25, 0.3) is 0 Å². The van der Waals surface area contributed by atoms with Crippen molar-refractivity contribution in [3.8, 4) is 5.75 Å². The van der Waals surface area contributed by atoms with Gasteiger partial charge in [0.15, 0.2) is 0 Å². The first-order valence-electron chi connectivity index (χ1n) is 6.55. The van der Waals surface area contributed by atoms with Gasteiger partial charge in [-0.05, 0) is 55.5 Å². The summed E-state index contributed by atoms with van der Waals surface area (Å²) < 4.78 is 17.9. The molecule has 0 heterocycles. The lowest BCUT2D eigenvalue weighted by Gasteiger charge is -2.15. The van der Waals surface area contributed by atoms with Crippen molar-refractivity contribution in [3.05, 3.63) is 54.3 Å². The van der Waals surface area contributed by atoms with Gasteiger partial charge >= 0.3 is 0 Å². The summed E-state index contributed by atoms with van der Waals surface area (Å²) in [5.74, 6) is 0.242. The fourth-order valence-corrected chi connectivity index (χ4v) is 1.79. The molecule has 2 rings (SSSR count). The summed E-state index contributed by atoms with van der Waals surface area (Å²) in [4.78, 5) is 12.1. The van der Waals surface area contributed by atoms with Crippen LogP contribution in [0, 0.1) is 5.82 Å². The molecule has 1 unspecified atom stereocenters. The maximum absolute atomic E-state index is 12.8. The van der Waals surface area contributed by atoms with Crippen LogP contribution in [0.2, 0.25) is 0 Å². The Morgan fingerprint density at radius 1 is 1.05 bits per heavy atom. The highest BCUT2D eigenvalue weighted by atomic mass is 19.1. The van der Waals surface area contributed by atoms with Crippen LogP contribution in [0.3, 0.4) is 0 Å². The van der Waals surface area contributed by atoms with Gasteiger partial charge < -0.3 is 15.4 Å². The highest BCUT2D eigenvalue weighted by Gasteiger charge is 2.12. The first kappa shape index (κ1) is 14.8. The molecular formula is C16H17FN2O2. The third kappa shape index (κ3) is 4.21. The second kappa shape index (κ2) is 6.74. The van der Waals surface area contributed by atoms with E-state index in [1.165, 1.54) is 12.1 Å². The Kier molecular flexibility index (Phi) is 4.77. The molecule has 0 aliphatic rings. The summed E-state index contributed by atoms with van der Waals surface area (Å²) in [5.41, 5.74) is 1.38. The molecule has 21 heavy (non-hydrogen) atoms. The molecule has 1 amide bonds. The second-order valence-corrected chi connectivity index (χ2v) is 4.59. The minimum absolute atomic E-state index is 0.176. The summed E-state index contributed by atoms with van der Waals surface area (Å²) in [6, 6.07) is 12.5. The van der Waals surface area contributed by atoms with Gasteiger partial charge in [-0.2, -0.15) is 0 Å². The van der Waals surface area contributed by atoms with Crippen LogP contribution in [-0.2, 0) is 4.79 Å². The van der Waals surface area contributed by atoms with E-state index in [-0.39, 0.29) is 11.7 Å². The molecule has 0 aliphatic heterocycles. The first-order chi connectivity index (χ1) is 10.1. The molecule has 2 N–H and O–H groups in total. The van der Waals surface area contributed by atoms with E-state index in [9.17, 15) is 9.18 Å². The fourth-order valence-electron chi connectivity index (χ4n) is 1.79. The molecule has 110 valence electrons. The largest absolute Gasteiger partial charge is 0.497 e. The number of carbonyl (C=O) groups is 1. The van der Waals surface area contributed by atoms with Gasteiger partial charge in [0.05, 0.1) is 7.11 Å². The quantitative estimate of drug-likeness (QED) is 0.887. The van der Waals surface area contributed by atoms with Gasteiger partial charge in [-0.25, -0.2) is 4.39 Å². The lowest BCUT2D eigenvalue weighted by atomic mass is 10.2. The van der Waals surface area contributed by atoms with E-state index < -0.39 is 6.04 Å². The van der Waals surface area contributed by atoms with Crippen molar-refractivity contribution in [2.24, 2.45) is 0 Å². The van der Waals surface area contributed by atoms with Gasteiger partial charge in [-0.3, -0.25) is 4.79 Å². The van der Waals surface area contributed by atoms with E-state index in [1.807, 2.05) is 0 Å². The van der Waals surface area contributed by atoms with E-state index in [1.54, 1.807) is 50.4 Å². The highest BCUT2D eigenvalue weighted by Crippen LogP contribution is 2.16. The number of halogens is 1. The van der Waals surface area contributed by atoms with E-state index in [2.05, 4.69) is 10.6 Å². The van der Waals surface area contributed by atoms with Crippen molar-refractivity contribution in [3.63, 3.8) is 0 Å². The molecule has 0 fully saturated rings. The maximum Gasteiger partial charge on any atom is 0.246 e. The van der Waals surface area contributed by atoms with E-state index in [0.717, 1.165) is 5.75 Å². The summed E-state index contributed by atoms with van der Waals surface area (Å²) in [6.45, 7) is 1.74. The molecule has 5 heteroatoms. The Morgan fingerprint density at radius 3 is 2.19 bits per heavy atom. The number of methoxy groups -OCH3 is 1. The zero-order valence-electron chi connectivity index (χ0n) is 11.9. The lowest BCUT2D eigenvalue weighted by Crippen LogP contribution is -2.31. The molecule has 0 radical (unpaired) electrons. The Balaban J connectivity index is 1.93. The van der Waals surface area contributed by atoms with Gasteiger partial charge in [0.2, 0.25) is 5.91 Å². The van der Waals surface area contributed by atoms with Crippen molar-refractivity contribution >= 4 is 17.3 Å². The number of ether oxygens (including phenoxy) is 1. The molecule has 0 saturated carbocycles. The molecule has 0 aliphatic carbocycles. The van der Waals surface area contributed by atoms with E-state index >= 15 is 0 Å². The average Bonchev–Trinajstić information content (AvgIpc) is 2.50. The summed E-state index contributed by atoms with van der Waals surface area (Å²) in [5, 5.41) is 5.80. The third-order valence-corrected chi connectivity index (χ3v) is 2.98. The number of hydrogen-bond donors (Lipinski definition) is 2. The number of anilines is 2. The molecule has 0 aromatic heterocycles. The Hall–Kier alpha value is -2.56. The summed E-state index contributed by atoms with van der Waals surface area (Å²) in [6.07, 6.45) is 0. The Labute approximate surface area is 122 Å². The maximum atomic E-state index is 12.8. The number of carbonyl (C=O) groups excluding carboxylic acids is 1. The smallest absolute Gasteiger partial charge is 0.246 e. The predicted octanol–water partition coefficient (Wildman–Crippen LogP) is 3.27. The van der Waals surface area contributed by atoms with Crippen molar-refractivity contribution in [1.82, 2.24) is 0 Å². The SMILES string of the molecule is COc1ccc(NC(=O)C(C)Nc2ccc(F)cc2)cc1. The first-order valence-corrected chi connectivity index (χ1v) is 6.55. The third-order valence-electron chi connectivity index (χ3n) is 2.98. The number of rotatable bonds is 5. The molecular weight excluding hydrogens is 271 g/mol. The summed E-state index contributed by atoms with van der Waals surface area (Å²) >= 11 is 0. The topological polar surface area (TPSA) is 50.4 Å². The normalized spacial score (nSPS) is 11.6. The monoisotopic (exact) mass is 288 g/mol. The van der Waals surface area contributed by atoms with E-state index in [4.69, 9.17) is 4.74 Å². The van der Waals surface area contributed by atoms with Gasteiger partial charge in [-0.15, -0.1) is 0 Å². The zero-order chi connectivity index (χ0) is 15.2. The van der Waals surface area contributed by atoms with Crippen LogP contribution in [0.1, 0.15) is 6.92 Å². The second-order valence-electron chi connectivity index (χ2n) is 4.59. The number of amides is 1. The predicted molar refractivity (Wildman–Crippen MR) is 81.1 cm³/mol. The average molecular weight is 288 g/mol. The lowest BCUT2D eigenvalue weighted by molar-refractivity contribution is -0.116. The minimum Gasteiger partial charge on any atom is -0.497 e. The van der Waals surface area contributed by atoms with Crippen molar-refractivity contribution in [1.29, 1.82) is 0 Å². The molecule has 0 saturated heterocycles. The van der Waals surface area contributed by atoms with Crippen LogP contribution in [0.5, 0.6) is 5.75 Å².